The zero-order chi connectivity index (χ0) is 11.4. The minimum atomic E-state index is -0.187. The van der Waals surface area contributed by atoms with Crippen molar-refractivity contribution in [2.45, 2.75) is 38.6 Å². The fourth-order valence-corrected chi connectivity index (χ4v) is 2.25. The summed E-state index contributed by atoms with van der Waals surface area (Å²) < 4.78 is 13.6. The average molecular weight is 222 g/mol. The quantitative estimate of drug-likeness (QED) is 0.828. The first-order valence-electron chi connectivity index (χ1n) is 6.15. The van der Waals surface area contributed by atoms with Gasteiger partial charge in [0.25, 0.3) is 0 Å². The third kappa shape index (κ3) is 2.59. The molecule has 0 aliphatic heterocycles. The molecular weight excluding hydrogens is 203 g/mol. The second kappa shape index (κ2) is 5.39. The van der Waals surface area contributed by atoms with E-state index >= 15 is 0 Å². The van der Waals surface area contributed by atoms with Gasteiger partial charge < -0.3 is 5.32 Å². The summed E-state index contributed by atoms with van der Waals surface area (Å²) in [6.45, 7) is 2.90. The molecule has 1 aliphatic rings. The predicted molar refractivity (Wildman–Crippen MR) is 62.6 cm³/mol. The highest BCUT2D eigenvalue weighted by molar-refractivity contribution is 5.12. The highest BCUT2D eigenvalue weighted by Crippen LogP contribution is 2.34. The Morgan fingerprint density at radius 3 is 2.94 bits per heavy atom. The minimum Gasteiger partial charge on any atom is -0.309 e. The summed E-state index contributed by atoms with van der Waals surface area (Å²) in [6, 6.07) is 3.22. The number of nitrogens with zero attached hydrogens (tertiary/aromatic N) is 1. The van der Waals surface area contributed by atoms with Crippen LogP contribution in [0.5, 0.6) is 0 Å². The Balaban J connectivity index is 2.08. The van der Waals surface area contributed by atoms with Crippen LogP contribution in [0.3, 0.4) is 0 Å². The number of pyridine rings is 1. The summed E-state index contributed by atoms with van der Waals surface area (Å²) in [6.07, 6.45) is 6.59. The van der Waals surface area contributed by atoms with Crippen molar-refractivity contribution in [3.05, 3.63) is 29.8 Å². The van der Waals surface area contributed by atoms with Crippen molar-refractivity contribution in [2.75, 3.05) is 6.54 Å². The van der Waals surface area contributed by atoms with Crippen molar-refractivity contribution < 1.29 is 4.39 Å². The van der Waals surface area contributed by atoms with Crippen LogP contribution in [0.15, 0.2) is 18.3 Å². The second-order valence-electron chi connectivity index (χ2n) is 4.51. The zero-order valence-corrected chi connectivity index (χ0v) is 9.75. The predicted octanol–water partition coefficient (Wildman–Crippen LogP) is 3.06. The molecule has 0 amide bonds. The molecule has 0 spiro atoms. The van der Waals surface area contributed by atoms with E-state index in [-0.39, 0.29) is 11.9 Å². The van der Waals surface area contributed by atoms with Crippen LogP contribution in [0.2, 0.25) is 0 Å². The Morgan fingerprint density at radius 2 is 2.38 bits per heavy atom. The summed E-state index contributed by atoms with van der Waals surface area (Å²) in [5.41, 5.74) is 0.580. The maximum atomic E-state index is 13.6. The van der Waals surface area contributed by atoms with Gasteiger partial charge in [-0.15, -0.1) is 0 Å². The average Bonchev–Trinajstić information content (AvgIpc) is 2.23. The lowest BCUT2D eigenvalue weighted by atomic mass is 9.80. The first-order valence-corrected chi connectivity index (χ1v) is 6.15. The molecule has 1 unspecified atom stereocenters. The number of rotatable bonds is 5. The Kier molecular flexibility index (Phi) is 3.88. The molecule has 1 aromatic heterocycles. The van der Waals surface area contributed by atoms with Crippen molar-refractivity contribution in [3.63, 3.8) is 0 Å². The first kappa shape index (κ1) is 11.5. The molecule has 1 heterocycles. The van der Waals surface area contributed by atoms with Crippen LogP contribution in [-0.2, 0) is 0 Å². The molecule has 2 rings (SSSR count). The van der Waals surface area contributed by atoms with Crippen LogP contribution in [0.4, 0.5) is 4.39 Å². The van der Waals surface area contributed by atoms with E-state index in [0.717, 1.165) is 18.9 Å². The van der Waals surface area contributed by atoms with Crippen LogP contribution < -0.4 is 5.32 Å². The molecule has 1 aromatic rings. The van der Waals surface area contributed by atoms with Crippen LogP contribution in [0.1, 0.15) is 44.3 Å². The van der Waals surface area contributed by atoms with Crippen molar-refractivity contribution in [3.8, 4) is 0 Å². The lowest BCUT2D eigenvalue weighted by molar-refractivity contribution is 0.258. The lowest BCUT2D eigenvalue weighted by Gasteiger charge is -2.29. The van der Waals surface area contributed by atoms with Gasteiger partial charge in [-0.1, -0.05) is 26.2 Å². The molecule has 16 heavy (non-hydrogen) atoms. The third-order valence-electron chi connectivity index (χ3n) is 3.36. The summed E-state index contributed by atoms with van der Waals surface area (Å²) in [7, 11) is 0. The Bertz CT molecular complexity index is 336. The molecule has 1 fully saturated rings. The van der Waals surface area contributed by atoms with Crippen molar-refractivity contribution in [1.29, 1.82) is 0 Å². The largest absolute Gasteiger partial charge is 0.309 e. The number of halogens is 1. The van der Waals surface area contributed by atoms with Crippen molar-refractivity contribution in [2.24, 2.45) is 5.92 Å². The number of aromatic nitrogens is 1. The third-order valence-corrected chi connectivity index (χ3v) is 3.36. The van der Waals surface area contributed by atoms with Gasteiger partial charge in [0.15, 0.2) is 0 Å². The van der Waals surface area contributed by atoms with Gasteiger partial charge in [0.05, 0.1) is 11.7 Å². The van der Waals surface area contributed by atoms with E-state index in [9.17, 15) is 4.39 Å². The Morgan fingerprint density at radius 1 is 1.56 bits per heavy atom. The Hall–Kier alpha value is -0.960. The molecule has 3 heteroatoms. The van der Waals surface area contributed by atoms with Crippen LogP contribution >= 0.6 is 0 Å². The number of hydrogen-bond acceptors (Lipinski definition) is 2. The molecule has 0 bridgehead atoms. The first-order chi connectivity index (χ1) is 7.81. The van der Waals surface area contributed by atoms with Gasteiger partial charge in [-0.05, 0) is 31.0 Å². The standard InChI is InChI=1S/C13H19FN2/c1-2-15-12(9-10-5-3-6-10)13-11(14)7-4-8-16-13/h4,7-8,10,12,15H,2-3,5-6,9H2,1H3. The molecule has 1 N–H and O–H groups in total. The number of hydrogen-bond donors (Lipinski definition) is 1. The second-order valence-corrected chi connectivity index (χ2v) is 4.51. The molecule has 1 aliphatic carbocycles. The van der Waals surface area contributed by atoms with Gasteiger partial charge in [-0.25, -0.2) is 4.39 Å². The van der Waals surface area contributed by atoms with E-state index in [2.05, 4.69) is 17.2 Å². The number of nitrogens with one attached hydrogen (secondary N) is 1. The van der Waals surface area contributed by atoms with Crippen LogP contribution in [0.25, 0.3) is 0 Å². The zero-order valence-electron chi connectivity index (χ0n) is 9.75. The van der Waals surface area contributed by atoms with Gasteiger partial charge in [0.2, 0.25) is 0 Å². The van der Waals surface area contributed by atoms with Gasteiger partial charge in [0.1, 0.15) is 5.82 Å². The van der Waals surface area contributed by atoms with E-state index in [4.69, 9.17) is 0 Å². The van der Waals surface area contributed by atoms with E-state index in [1.54, 1.807) is 12.3 Å². The van der Waals surface area contributed by atoms with E-state index in [1.165, 1.54) is 25.3 Å². The molecular formula is C13H19FN2. The Labute approximate surface area is 96.3 Å². The molecule has 1 saturated carbocycles. The van der Waals surface area contributed by atoms with Crippen LogP contribution in [0, 0.1) is 11.7 Å². The van der Waals surface area contributed by atoms with Gasteiger partial charge in [-0.2, -0.15) is 0 Å². The van der Waals surface area contributed by atoms with Crippen molar-refractivity contribution in [1.82, 2.24) is 10.3 Å². The molecule has 88 valence electrons. The fourth-order valence-electron chi connectivity index (χ4n) is 2.25. The SMILES string of the molecule is CCNC(CC1CCC1)c1ncccc1F. The van der Waals surface area contributed by atoms with E-state index < -0.39 is 0 Å². The maximum Gasteiger partial charge on any atom is 0.146 e. The van der Waals surface area contributed by atoms with Gasteiger partial charge >= 0.3 is 0 Å². The molecule has 2 nitrogen and oxygen atoms in total. The molecule has 0 saturated heterocycles. The summed E-state index contributed by atoms with van der Waals surface area (Å²) >= 11 is 0. The summed E-state index contributed by atoms with van der Waals surface area (Å²) in [5.74, 6) is 0.568. The maximum absolute atomic E-state index is 13.6. The van der Waals surface area contributed by atoms with Crippen molar-refractivity contribution >= 4 is 0 Å². The molecule has 0 aromatic carbocycles. The summed E-state index contributed by atoms with van der Waals surface area (Å²) in [4.78, 5) is 4.17. The fraction of sp³-hybridized carbons (Fsp3) is 0.615. The molecule has 1 atom stereocenters. The normalized spacial score (nSPS) is 18.1. The lowest BCUT2D eigenvalue weighted by Crippen LogP contribution is -2.27. The highest BCUT2D eigenvalue weighted by atomic mass is 19.1. The monoisotopic (exact) mass is 222 g/mol. The highest BCUT2D eigenvalue weighted by Gasteiger charge is 2.24. The smallest absolute Gasteiger partial charge is 0.146 e. The van der Waals surface area contributed by atoms with Gasteiger partial charge in [0, 0.05) is 6.20 Å². The summed E-state index contributed by atoms with van der Waals surface area (Å²) in [5, 5.41) is 3.34. The molecule has 0 radical (unpaired) electrons. The van der Waals surface area contributed by atoms with Crippen LogP contribution in [-0.4, -0.2) is 11.5 Å². The van der Waals surface area contributed by atoms with Gasteiger partial charge in [-0.3, -0.25) is 4.98 Å². The topological polar surface area (TPSA) is 24.9 Å². The van der Waals surface area contributed by atoms with E-state index in [0.29, 0.717) is 5.69 Å². The minimum absolute atomic E-state index is 0.0801. The van der Waals surface area contributed by atoms with E-state index in [1.807, 2.05) is 0 Å².